The van der Waals surface area contributed by atoms with Crippen molar-refractivity contribution >= 4 is 11.7 Å². The van der Waals surface area contributed by atoms with Gasteiger partial charge < -0.3 is 15.1 Å². The lowest BCUT2D eigenvalue weighted by Gasteiger charge is -2.29. The fourth-order valence-corrected chi connectivity index (χ4v) is 4.05. The summed E-state index contributed by atoms with van der Waals surface area (Å²) in [7, 11) is 4.07. The summed E-state index contributed by atoms with van der Waals surface area (Å²) < 4.78 is 0. The van der Waals surface area contributed by atoms with Crippen molar-refractivity contribution in [3.05, 3.63) is 17.1 Å². The third-order valence-electron chi connectivity index (χ3n) is 5.83. The average Bonchev–Trinajstić information content (AvgIpc) is 3.01. The van der Waals surface area contributed by atoms with E-state index in [1.807, 2.05) is 11.9 Å². The van der Waals surface area contributed by atoms with Crippen LogP contribution >= 0.6 is 0 Å². The number of likely N-dealkylation sites (N-methyl/N-ethyl adjacent to an activating group) is 1. The summed E-state index contributed by atoms with van der Waals surface area (Å²) in [4.78, 5) is 26.5. The van der Waals surface area contributed by atoms with E-state index >= 15 is 0 Å². The molecule has 1 aromatic heterocycles. The maximum absolute atomic E-state index is 12.5. The lowest BCUT2D eigenvalue weighted by atomic mass is 9.84. The van der Waals surface area contributed by atoms with Crippen LogP contribution in [0.4, 0.5) is 5.82 Å². The molecule has 0 aromatic carbocycles. The molecule has 24 heavy (non-hydrogen) atoms. The van der Waals surface area contributed by atoms with E-state index in [0.717, 1.165) is 69.2 Å². The van der Waals surface area contributed by atoms with Gasteiger partial charge in [0.1, 0.15) is 11.6 Å². The van der Waals surface area contributed by atoms with E-state index < -0.39 is 0 Å². The summed E-state index contributed by atoms with van der Waals surface area (Å²) in [5, 5.41) is 3.25. The van der Waals surface area contributed by atoms with Crippen LogP contribution in [0, 0.1) is 5.92 Å². The molecule has 1 aromatic rings. The Morgan fingerprint density at radius 3 is 2.75 bits per heavy atom. The minimum atomic E-state index is 0.277. The maximum Gasteiger partial charge on any atom is 0.225 e. The van der Waals surface area contributed by atoms with Crippen molar-refractivity contribution in [1.29, 1.82) is 0 Å². The monoisotopic (exact) mass is 329 g/mol. The molecule has 3 heterocycles. The number of fused-ring (bicyclic) bond motifs is 1. The van der Waals surface area contributed by atoms with Gasteiger partial charge in [0.2, 0.25) is 5.91 Å². The van der Waals surface area contributed by atoms with Crippen LogP contribution in [0.3, 0.4) is 0 Å². The molecule has 0 radical (unpaired) electrons. The molecule has 130 valence electrons. The first-order chi connectivity index (χ1) is 11.7. The van der Waals surface area contributed by atoms with Gasteiger partial charge in [-0.2, -0.15) is 0 Å². The van der Waals surface area contributed by atoms with Gasteiger partial charge in [-0.05, 0) is 32.7 Å². The first-order valence-electron chi connectivity index (χ1n) is 9.20. The Labute approximate surface area is 143 Å². The Morgan fingerprint density at radius 2 is 2.04 bits per heavy atom. The number of hydrogen-bond donors (Lipinski definition) is 1. The number of likely N-dealkylation sites (tertiary alicyclic amines) is 1. The highest BCUT2D eigenvalue weighted by molar-refractivity contribution is 5.80. The van der Waals surface area contributed by atoms with Gasteiger partial charge in [0.15, 0.2) is 0 Å². The molecule has 1 saturated heterocycles. The molecule has 0 spiro atoms. The molecule has 1 N–H and O–H groups in total. The molecular weight excluding hydrogens is 302 g/mol. The van der Waals surface area contributed by atoms with Crippen LogP contribution in [0.5, 0.6) is 0 Å². The maximum atomic E-state index is 12.5. The molecule has 4 rings (SSSR count). The standard InChI is InChI=1S/C18H27N5O/c1-19-17-14-7-8-22(2)11-15(14)20-16(21-17)13-6-9-23(10-13)18(24)12-4-3-5-12/h12-13H,3-11H2,1-2H3,(H,19,20,21). The molecule has 3 aliphatic rings. The van der Waals surface area contributed by atoms with E-state index in [0.29, 0.717) is 5.91 Å². The quantitative estimate of drug-likeness (QED) is 0.913. The molecule has 1 aliphatic carbocycles. The summed E-state index contributed by atoms with van der Waals surface area (Å²) >= 11 is 0. The number of amides is 1. The third-order valence-corrected chi connectivity index (χ3v) is 5.83. The third kappa shape index (κ3) is 2.77. The van der Waals surface area contributed by atoms with Crippen LogP contribution < -0.4 is 5.32 Å². The zero-order valence-corrected chi connectivity index (χ0v) is 14.7. The van der Waals surface area contributed by atoms with Gasteiger partial charge in [-0.25, -0.2) is 9.97 Å². The molecule has 1 unspecified atom stereocenters. The first-order valence-corrected chi connectivity index (χ1v) is 9.20. The van der Waals surface area contributed by atoms with Gasteiger partial charge in [-0.1, -0.05) is 6.42 Å². The smallest absolute Gasteiger partial charge is 0.225 e. The molecule has 0 bridgehead atoms. The predicted octanol–water partition coefficient (Wildman–Crippen LogP) is 1.62. The highest BCUT2D eigenvalue weighted by atomic mass is 16.2. The first kappa shape index (κ1) is 15.8. The van der Waals surface area contributed by atoms with Gasteiger partial charge in [-0.15, -0.1) is 0 Å². The van der Waals surface area contributed by atoms with Gasteiger partial charge in [0, 0.05) is 50.6 Å². The summed E-state index contributed by atoms with van der Waals surface area (Å²) in [5.74, 6) is 2.81. The zero-order valence-electron chi connectivity index (χ0n) is 14.7. The molecular formula is C18H27N5O. The Morgan fingerprint density at radius 1 is 1.21 bits per heavy atom. The summed E-state index contributed by atoms with van der Waals surface area (Å²) in [6.45, 7) is 3.58. The van der Waals surface area contributed by atoms with Gasteiger partial charge in [0.05, 0.1) is 5.69 Å². The second kappa shape index (κ2) is 6.31. The molecule has 1 atom stereocenters. The molecule has 6 heteroatoms. The van der Waals surface area contributed by atoms with Crippen molar-refractivity contribution in [2.75, 3.05) is 39.0 Å². The number of aromatic nitrogens is 2. The molecule has 1 saturated carbocycles. The van der Waals surface area contributed by atoms with E-state index in [1.54, 1.807) is 0 Å². The summed E-state index contributed by atoms with van der Waals surface area (Å²) in [6, 6.07) is 0. The lowest BCUT2D eigenvalue weighted by Crippen LogP contribution is -2.37. The average molecular weight is 329 g/mol. The van der Waals surface area contributed by atoms with Crippen LogP contribution in [-0.2, 0) is 17.8 Å². The molecule has 1 amide bonds. The van der Waals surface area contributed by atoms with Crippen molar-refractivity contribution in [1.82, 2.24) is 19.8 Å². The van der Waals surface area contributed by atoms with Crippen LogP contribution in [0.25, 0.3) is 0 Å². The zero-order chi connectivity index (χ0) is 16.7. The van der Waals surface area contributed by atoms with Crippen molar-refractivity contribution in [3.63, 3.8) is 0 Å². The van der Waals surface area contributed by atoms with Crippen LogP contribution in [-0.4, -0.2) is 59.4 Å². The van der Waals surface area contributed by atoms with Gasteiger partial charge in [-0.3, -0.25) is 4.79 Å². The summed E-state index contributed by atoms with van der Waals surface area (Å²) in [5.41, 5.74) is 2.42. The Bertz CT molecular complexity index is 643. The van der Waals surface area contributed by atoms with Crippen LogP contribution in [0.2, 0.25) is 0 Å². The Balaban J connectivity index is 1.54. The van der Waals surface area contributed by atoms with E-state index in [-0.39, 0.29) is 11.8 Å². The number of anilines is 1. The highest BCUT2D eigenvalue weighted by Gasteiger charge is 2.35. The molecule has 6 nitrogen and oxygen atoms in total. The van der Waals surface area contributed by atoms with Crippen molar-refractivity contribution < 1.29 is 4.79 Å². The number of hydrogen-bond acceptors (Lipinski definition) is 5. The number of carbonyl (C=O) groups is 1. The Hall–Kier alpha value is -1.69. The minimum Gasteiger partial charge on any atom is -0.373 e. The fraction of sp³-hybridized carbons (Fsp3) is 0.722. The topological polar surface area (TPSA) is 61.4 Å². The van der Waals surface area contributed by atoms with E-state index in [9.17, 15) is 4.79 Å². The SMILES string of the molecule is CNc1nc(C2CCN(C(=O)C3CCC3)C2)nc2c1CCN(C)C2. The molecule has 2 fully saturated rings. The predicted molar refractivity (Wildman–Crippen MR) is 92.9 cm³/mol. The largest absolute Gasteiger partial charge is 0.373 e. The van der Waals surface area contributed by atoms with Crippen molar-refractivity contribution in [3.8, 4) is 0 Å². The van der Waals surface area contributed by atoms with Crippen LogP contribution in [0.1, 0.15) is 48.7 Å². The fourth-order valence-electron chi connectivity index (χ4n) is 4.05. The van der Waals surface area contributed by atoms with Crippen molar-refractivity contribution in [2.24, 2.45) is 5.92 Å². The van der Waals surface area contributed by atoms with Crippen molar-refractivity contribution in [2.45, 2.75) is 44.6 Å². The van der Waals surface area contributed by atoms with Gasteiger partial charge >= 0.3 is 0 Å². The lowest BCUT2D eigenvalue weighted by molar-refractivity contribution is -0.137. The number of rotatable bonds is 3. The Kier molecular flexibility index (Phi) is 4.16. The summed E-state index contributed by atoms with van der Waals surface area (Å²) in [6.07, 6.45) is 5.34. The van der Waals surface area contributed by atoms with Crippen LogP contribution in [0.15, 0.2) is 0 Å². The van der Waals surface area contributed by atoms with E-state index in [4.69, 9.17) is 9.97 Å². The second-order valence-electron chi connectivity index (χ2n) is 7.49. The highest BCUT2D eigenvalue weighted by Crippen LogP contribution is 2.33. The number of nitrogens with zero attached hydrogens (tertiary/aromatic N) is 4. The number of carbonyl (C=O) groups excluding carboxylic acids is 1. The normalized spacial score (nSPS) is 24.6. The van der Waals surface area contributed by atoms with E-state index in [2.05, 4.69) is 17.3 Å². The number of nitrogens with one attached hydrogen (secondary N) is 1. The minimum absolute atomic E-state index is 0.277. The second-order valence-corrected chi connectivity index (χ2v) is 7.49. The van der Waals surface area contributed by atoms with E-state index in [1.165, 1.54) is 12.0 Å². The molecule has 2 aliphatic heterocycles. The van der Waals surface area contributed by atoms with Gasteiger partial charge in [0.25, 0.3) is 0 Å².